The van der Waals surface area contributed by atoms with Crippen molar-refractivity contribution in [3.8, 4) is 0 Å². The quantitative estimate of drug-likeness (QED) is 0.518. The van der Waals surface area contributed by atoms with E-state index in [2.05, 4.69) is 40.8 Å². The van der Waals surface area contributed by atoms with Gasteiger partial charge in [-0.05, 0) is 24.6 Å². The second-order valence-electron chi connectivity index (χ2n) is 5.33. The normalized spacial score (nSPS) is 29.1. The fourth-order valence-electron chi connectivity index (χ4n) is 0.986. The Morgan fingerprint density at radius 1 is 1.31 bits per heavy atom. The van der Waals surface area contributed by atoms with E-state index >= 15 is 0 Å². The minimum atomic E-state index is -1.59. The Morgan fingerprint density at radius 3 is 2.15 bits per heavy atom. The topological polar surface area (TPSA) is 21.8 Å². The molecule has 1 saturated heterocycles. The molecule has 0 radical (unpaired) electrons. The van der Waals surface area contributed by atoms with Gasteiger partial charge in [0, 0.05) is 0 Å². The van der Waals surface area contributed by atoms with Gasteiger partial charge >= 0.3 is 0 Å². The molecule has 2 unspecified atom stereocenters. The lowest BCUT2D eigenvalue weighted by atomic mass is 10.2. The Kier molecular flexibility index (Phi) is 2.91. The smallest absolute Gasteiger partial charge is 0.195 e. The molecule has 0 aliphatic carbocycles. The van der Waals surface area contributed by atoms with Crippen molar-refractivity contribution < 1.29 is 9.16 Å². The summed E-state index contributed by atoms with van der Waals surface area (Å²) in [4.78, 5) is 0. The zero-order chi connectivity index (χ0) is 10.3. The van der Waals surface area contributed by atoms with Crippen LogP contribution < -0.4 is 0 Å². The van der Waals surface area contributed by atoms with E-state index in [0.29, 0.717) is 6.10 Å². The molecule has 0 N–H and O–H groups in total. The van der Waals surface area contributed by atoms with Crippen molar-refractivity contribution in [1.82, 2.24) is 0 Å². The third-order valence-electron chi connectivity index (χ3n) is 3.16. The van der Waals surface area contributed by atoms with Crippen molar-refractivity contribution in [2.75, 3.05) is 0 Å². The highest BCUT2D eigenvalue weighted by atomic mass is 28.4. The van der Waals surface area contributed by atoms with Crippen molar-refractivity contribution in [2.45, 2.75) is 64.6 Å². The lowest BCUT2D eigenvalue weighted by molar-refractivity contribution is 0.161. The van der Waals surface area contributed by atoms with Crippen LogP contribution in [0.25, 0.3) is 0 Å². The third kappa shape index (κ3) is 2.54. The molecule has 2 atom stereocenters. The van der Waals surface area contributed by atoms with Crippen LogP contribution in [-0.2, 0) is 9.16 Å². The summed E-state index contributed by atoms with van der Waals surface area (Å²) >= 11 is 0. The molecule has 0 amide bonds. The van der Waals surface area contributed by atoms with Gasteiger partial charge < -0.3 is 9.16 Å². The molecular formula is C10H22O2Si. The van der Waals surface area contributed by atoms with Gasteiger partial charge in [-0.2, -0.15) is 0 Å². The predicted octanol–water partition coefficient (Wildman–Crippen LogP) is 3.14. The first-order chi connectivity index (χ1) is 5.78. The van der Waals surface area contributed by atoms with Gasteiger partial charge in [-0.25, -0.2) is 0 Å². The lowest BCUT2D eigenvalue weighted by Crippen LogP contribution is -2.41. The first-order valence-corrected chi connectivity index (χ1v) is 8.02. The minimum Gasteiger partial charge on any atom is -0.390 e. The molecule has 1 aliphatic rings. The summed E-state index contributed by atoms with van der Waals surface area (Å²) in [5.41, 5.74) is 0. The molecule has 0 saturated carbocycles. The molecule has 0 spiro atoms. The van der Waals surface area contributed by atoms with Crippen LogP contribution in [0.3, 0.4) is 0 Å². The summed E-state index contributed by atoms with van der Waals surface area (Å²) in [6.45, 7) is 13.4. The number of ether oxygens (including phenoxy) is 1. The van der Waals surface area contributed by atoms with Crippen molar-refractivity contribution >= 4 is 8.32 Å². The molecule has 0 aromatic rings. The van der Waals surface area contributed by atoms with Crippen molar-refractivity contribution in [1.29, 1.82) is 0 Å². The van der Waals surface area contributed by atoms with Crippen molar-refractivity contribution in [3.63, 3.8) is 0 Å². The van der Waals surface area contributed by atoms with Crippen LogP contribution in [0.4, 0.5) is 0 Å². The number of hydrogen-bond acceptors (Lipinski definition) is 2. The minimum absolute atomic E-state index is 0.103. The molecule has 1 fully saturated rings. The van der Waals surface area contributed by atoms with Crippen LogP contribution in [0.2, 0.25) is 18.1 Å². The Labute approximate surface area is 82.7 Å². The fourth-order valence-corrected chi connectivity index (χ4v) is 2.13. The van der Waals surface area contributed by atoms with Crippen LogP contribution in [-0.4, -0.2) is 20.7 Å². The molecule has 78 valence electrons. The highest BCUT2D eigenvalue weighted by Crippen LogP contribution is 2.40. The summed E-state index contributed by atoms with van der Waals surface area (Å²) in [5.74, 6) is 0. The van der Waals surface area contributed by atoms with Gasteiger partial charge in [0.05, 0.1) is 0 Å². The van der Waals surface area contributed by atoms with Crippen LogP contribution >= 0.6 is 0 Å². The Bertz CT molecular complexity index is 184. The van der Waals surface area contributed by atoms with Gasteiger partial charge in [0.2, 0.25) is 0 Å². The average Bonchev–Trinajstić information content (AvgIpc) is 2.63. The monoisotopic (exact) mass is 202 g/mol. The van der Waals surface area contributed by atoms with Crippen LogP contribution in [0.5, 0.6) is 0 Å². The van der Waals surface area contributed by atoms with Gasteiger partial charge in [-0.15, -0.1) is 0 Å². The van der Waals surface area contributed by atoms with Gasteiger partial charge in [0.25, 0.3) is 0 Å². The molecule has 0 aromatic heterocycles. The van der Waals surface area contributed by atoms with Gasteiger partial charge in [-0.3, -0.25) is 0 Å². The van der Waals surface area contributed by atoms with E-state index in [9.17, 15) is 0 Å². The van der Waals surface area contributed by atoms with E-state index in [-0.39, 0.29) is 11.3 Å². The zero-order valence-electron chi connectivity index (χ0n) is 9.68. The molecule has 0 aromatic carbocycles. The average molecular weight is 202 g/mol. The fraction of sp³-hybridized carbons (Fsp3) is 1.00. The number of hydrogen-bond donors (Lipinski definition) is 0. The summed E-state index contributed by atoms with van der Waals surface area (Å²) in [5, 5.41) is 0.289. The van der Waals surface area contributed by atoms with E-state index in [1.54, 1.807) is 0 Å². The first-order valence-electron chi connectivity index (χ1n) is 5.11. The third-order valence-corrected chi connectivity index (χ3v) is 7.59. The second-order valence-corrected chi connectivity index (χ2v) is 10.1. The Hall–Kier alpha value is 0.137. The van der Waals surface area contributed by atoms with Gasteiger partial charge in [0.15, 0.2) is 14.6 Å². The summed E-state index contributed by atoms with van der Waals surface area (Å²) in [6, 6.07) is 0. The molecule has 0 bridgehead atoms. The maximum absolute atomic E-state index is 6.03. The summed E-state index contributed by atoms with van der Waals surface area (Å²) in [6.07, 6.45) is 1.54. The highest BCUT2D eigenvalue weighted by Gasteiger charge is 2.47. The molecule has 3 heteroatoms. The molecule has 2 nitrogen and oxygen atoms in total. The summed E-state index contributed by atoms with van der Waals surface area (Å²) < 4.78 is 11.4. The molecule has 13 heavy (non-hydrogen) atoms. The second kappa shape index (κ2) is 3.37. The van der Waals surface area contributed by atoms with Crippen molar-refractivity contribution in [3.05, 3.63) is 0 Å². The van der Waals surface area contributed by atoms with Crippen LogP contribution in [0, 0.1) is 0 Å². The number of rotatable bonds is 3. The van der Waals surface area contributed by atoms with Gasteiger partial charge in [-0.1, -0.05) is 27.7 Å². The maximum Gasteiger partial charge on any atom is 0.195 e. The van der Waals surface area contributed by atoms with Crippen molar-refractivity contribution in [2.24, 2.45) is 0 Å². The van der Waals surface area contributed by atoms with Gasteiger partial charge in [0.1, 0.15) is 6.10 Å². The molecular weight excluding hydrogens is 180 g/mol. The van der Waals surface area contributed by atoms with E-state index in [1.807, 2.05) is 0 Å². The highest BCUT2D eigenvalue weighted by molar-refractivity contribution is 6.74. The largest absolute Gasteiger partial charge is 0.390 e. The Balaban J connectivity index is 2.44. The molecule has 1 rings (SSSR count). The van der Waals surface area contributed by atoms with Crippen LogP contribution in [0.15, 0.2) is 0 Å². The van der Waals surface area contributed by atoms with E-state index in [4.69, 9.17) is 9.16 Å². The summed E-state index contributed by atoms with van der Waals surface area (Å²) in [7, 11) is -1.59. The molecule has 1 heterocycles. The van der Waals surface area contributed by atoms with E-state index in [0.717, 1.165) is 6.42 Å². The number of epoxide rings is 1. The van der Waals surface area contributed by atoms with E-state index in [1.165, 1.54) is 0 Å². The SMILES string of the molecule is CCC1OC1O[Si](C)(C)C(C)(C)C. The predicted molar refractivity (Wildman–Crippen MR) is 57.2 cm³/mol. The standard InChI is InChI=1S/C10H22O2Si/c1-7-8-9(11-8)12-13(5,6)10(2,3)4/h8-9H,7H2,1-6H3. The molecule has 1 aliphatic heterocycles. The maximum atomic E-state index is 6.03. The Morgan fingerprint density at radius 2 is 1.85 bits per heavy atom. The first kappa shape index (κ1) is 11.2. The van der Waals surface area contributed by atoms with E-state index < -0.39 is 8.32 Å². The van der Waals surface area contributed by atoms with Crippen LogP contribution in [0.1, 0.15) is 34.1 Å². The zero-order valence-corrected chi connectivity index (χ0v) is 10.7. The lowest BCUT2D eigenvalue weighted by Gasteiger charge is -2.35.